The fourth-order valence-corrected chi connectivity index (χ4v) is 1.65. The van der Waals surface area contributed by atoms with Gasteiger partial charge in [0, 0.05) is 12.6 Å². The first-order valence-electron chi connectivity index (χ1n) is 4.10. The van der Waals surface area contributed by atoms with E-state index in [9.17, 15) is 0 Å². The van der Waals surface area contributed by atoms with Gasteiger partial charge in [0.15, 0.2) is 0 Å². The van der Waals surface area contributed by atoms with Gasteiger partial charge < -0.3 is 5.32 Å². The standard InChI is InChI=1S/C10H13N/c1-7-3-4-9-6-11-8(2)10(9)5-7/h3-5,8,11H,6H2,1-2H3. The summed E-state index contributed by atoms with van der Waals surface area (Å²) in [6, 6.07) is 7.23. The highest BCUT2D eigenvalue weighted by atomic mass is 14.9. The van der Waals surface area contributed by atoms with Crippen molar-refractivity contribution in [1.29, 1.82) is 0 Å². The smallest absolute Gasteiger partial charge is 0.0298 e. The molecule has 0 saturated carbocycles. The van der Waals surface area contributed by atoms with Crippen LogP contribution in [0.25, 0.3) is 0 Å². The second-order valence-corrected chi connectivity index (χ2v) is 3.30. The monoisotopic (exact) mass is 147 g/mol. The van der Waals surface area contributed by atoms with Crippen molar-refractivity contribution in [3.05, 3.63) is 34.9 Å². The highest BCUT2D eigenvalue weighted by Gasteiger charge is 2.16. The maximum atomic E-state index is 3.41. The first kappa shape index (κ1) is 6.86. The van der Waals surface area contributed by atoms with Crippen LogP contribution in [-0.4, -0.2) is 0 Å². The average molecular weight is 147 g/mol. The lowest BCUT2D eigenvalue weighted by Gasteiger charge is -2.04. The normalized spacial score (nSPS) is 21.8. The topological polar surface area (TPSA) is 12.0 Å². The van der Waals surface area contributed by atoms with Crippen LogP contribution in [0.1, 0.15) is 29.7 Å². The Hall–Kier alpha value is -0.820. The minimum absolute atomic E-state index is 0.546. The molecule has 0 aromatic heterocycles. The van der Waals surface area contributed by atoms with Crippen molar-refractivity contribution in [2.24, 2.45) is 0 Å². The summed E-state index contributed by atoms with van der Waals surface area (Å²) in [5.41, 5.74) is 4.30. The maximum Gasteiger partial charge on any atom is 0.0298 e. The Balaban J connectivity index is 2.52. The van der Waals surface area contributed by atoms with Crippen molar-refractivity contribution in [2.45, 2.75) is 26.4 Å². The molecule has 1 aliphatic heterocycles. The van der Waals surface area contributed by atoms with Gasteiger partial charge in [0.25, 0.3) is 0 Å². The Morgan fingerprint density at radius 2 is 2.27 bits per heavy atom. The van der Waals surface area contributed by atoms with Gasteiger partial charge in [-0.05, 0) is 25.0 Å². The number of hydrogen-bond donors (Lipinski definition) is 1. The summed E-state index contributed by atoms with van der Waals surface area (Å²) in [7, 11) is 0. The minimum Gasteiger partial charge on any atom is -0.306 e. The van der Waals surface area contributed by atoms with Gasteiger partial charge in [0.2, 0.25) is 0 Å². The van der Waals surface area contributed by atoms with Gasteiger partial charge in [-0.1, -0.05) is 23.8 Å². The molecule has 1 heterocycles. The van der Waals surface area contributed by atoms with Crippen LogP contribution >= 0.6 is 0 Å². The summed E-state index contributed by atoms with van der Waals surface area (Å²) < 4.78 is 0. The van der Waals surface area contributed by atoms with Crippen LogP contribution in [0.4, 0.5) is 0 Å². The summed E-state index contributed by atoms with van der Waals surface area (Å²) >= 11 is 0. The second kappa shape index (κ2) is 2.35. The average Bonchev–Trinajstić information content (AvgIpc) is 2.33. The molecule has 2 rings (SSSR count). The maximum absolute atomic E-state index is 3.41. The predicted molar refractivity (Wildman–Crippen MR) is 46.4 cm³/mol. The van der Waals surface area contributed by atoms with Crippen molar-refractivity contribution >= 4 is 0 Å². The lowest BCUT2D eigenvalue weighted by molar-refractivity contribution is 0.633. The summed E-state index contributed by atoms with van der Waals surface area (Å²) in [4.78, 5) is 0. The van der Waals surface area contributed by atoms with Gasteiger partial charge in [0.05, 0.1) is 0 Å². The van der Waals surface area contributed by atoms with Crippen LogP contribution in [0.5, 0.6) is 0 Å². The van der Waals surface area contributed by atoms with E-state index in [0.717, 1.165) is 6.54 Å². The van der Waals surface area contributed by atoms with Gasteiger partial charge in [0.1, 0.15) is 0 Å². The molecular weight excluding hydrogens is 134 g/mol. The fraction of sp³-hybridized carbons (Fsp3) is 0.400. The third-order valence-corrected chi connectivity index (χ3v) is 2.37. The van der Waals surface area contributed by atoms with E-state index in [0.29, 0.717) is 6.04 Å². The molecule has 0 radical (unpaired) electrons. The Morgan fingerprint density at radius 1 is 1.45 bits per heavy atom. The van der Waals surface area contributed by atoms with Crippen molar-refractivity contribution in [3.63, 3.8) is 0 Å². The van der Waals surface area contributed by atoms with Crippen molar-refractivity contribution in [1.82, 2.24) is 5.32 Å². The SMILES string of the molecule is Cc1ccc2c(c1)C(C)NC2. The summed E-state index contributed by atoms with van der Waals surface area (Å²) in [6.45, 7) is 5.40. The van der Waals surface area contributed by atoms with Crippen molar-refractivity contribution in [3.8, 4) is 0 Å². The molecule has 0 spiro atoms. The fourth-order valence-electron chi connectivity index (χ4n) is 1.65. The van der Waals surface area contributed by atoms with Crippen LogP contribution in [0.3, 0.4) is 0 Å². The van der Waals surface area contributed by atoms with Crippen molar-refractivity contribution in [2.75, 3.05) is 0 Å². The van der Waals surface area contributed by atoms with Crippen LogP contribution < -0.4 is 5.32 Å². The molecule has 1 nitrogen and oxygen atoms in total. The Labute approximate surface area is 67.4 Å². The molecule has 1 aromatic carbocycles. The molecular formula is C10H13N. The molecule has 11 heavy (non-hydrogen) atoms. The summed E-state index contributed by atoms with van der Waals surface area (Å²) in [6.07, 6.45) is 0. The number of rotatable bonds is 0. The largest absolute Gasteiger partial charge is 0.306 e. The van der Waals surface area contributed by atoms with Gasteiger partial charge in [-0.2, -0.15) is 0 Å². The molecule has 0 fully saturated rings. The number of aryl methyl sites for hydroxylation is 1. The van der Waals surface area contributed by atoms with E-state index in [2.05, 4.69) is 37.4 Å². The van der Waals surface area contributed by atoms with Gasteiger partial charge >= 0.3 is 0 Å². The molecule has 0 bridgehead atoms. The highest BCUT2D eigenvalue weighted by Crippen LogP contribution is 2.25. The predicted octanol–water partition coefficient (Wildman–Crippen LogP) is 2.16. The Morgan fingerprint density at radius 3 is 3.09 bits per heavy atom. The van der Waals surface area contributed by atoms with Crippen LogP contribution in [0.15, 0.2) is 18.2 Å². The lowest BCUT2D eigenvalue weighted by Crippen LogP contribution is -2.06. The summed E-state index contributed by atoms with van der Waals surface area (Å²) in [5.74, 6) is 0. The number of benzene rings is 1. The number of fused-ring (bicyclic) bond motifs is 1. The highest BCUT2D eigenvalue weighted by molar-refractivity contribution is 5.36. The molecule has 1 atom stereocenters. The van der Waals surface area contributed by atoms with Gasteiger partial charge in [-0.3, -0.25) is 0 Å². The van der Waals surface area contributed by atoms with Crippen molar-refractivity contribution < 1.29 is 0 Å². The van der Waals surface area contributed by atoms with E-state index >= 15 is 0 Å². The van der Waals surface area contributed by atoms with Crippen LogP contribution in [0.2, 0.25) is 0 Å². The first-order valence-corrected chi connectivity index (χ1v) is 4.10. The summed E-state index contributed by atoms with van der Waals surface area (Å²) in [5, 5.41) is 3.41. The number of hydrogen-bond acceptors (Lipinski definition) is 1. The van der Waals surface area contributed by atoms with E-state index in [-0.39, 0.29) is 0 Å². The van der Waals surface area contributed by atoms with E-state index in [4.69, 9.17) is 0 Å². The van der Waals surface area contributed by atoms with E-state index in [1.807, 2.05) is 0 Å². The molecule has 1 N–H and O–H groups in total. The van der Waals surface area contributed by atoms with E-state index < -0.39 is 0 Å². The Bertz CT molecular complexity index is 278. The number of nitrogens with one attached hydrogen (secondary N) is 1. The quantitative estimate of drug-likeness (QED) is 0.593. The zero-order valence-electron chi connectivity index (χ0n) is 7.02. The van der Waals surface area contributed by atoms with E-state index in [1.54, 1.807) is 0 Å². The van der Waals surface area contributed by atoms with Gasteiger partial charge in [-0.25, -0.2) is 0 Å². The third-order valence-electron chi connectivity index (χ3n) is 2.37. The minimum atomic E-state index is 0.546. The molecule has 0 saturated heterocycles. The lowest BCUT2D eigenvalue weighted by atomic mass is 10.0. The molecule has 1 heteroatoms. The molecule has 58 valence electrons. The zero-order chi connectivity index (χ0) is 7.84. The molecule has 1 unspecified atom stereocenters. The van der Waals surface area contributed by atoms with Gasteiger partial charge in [-0.15, -0.1) is 0 Å². The third kappa shape index (κ3) is 1.05. The molecule has 0 amide bonds. The Kier molecular flexibility index (Phi) is 1.46. The molecule has 1 aliphatic rings. The van der Waals surface area contributed by atoms with Crippen LogP contribution in [0, 0.1) is 6.92 Å². The second-order valence-electron chi connectivity index (χ2n) is 3.30. The molecule has 1 aromatic rings. The molecule has 0 aliphatic carbocycles. The van der Waals surface area contributed by atoms with E-state index in [1.165, 1.54) is 16.7 Å². The first-order chi connectivity index (χ1) is 5.27. The zero-order valence-corrected chi connectivity index (χ0v) is 7.02. The van der Waals surface area contributed by atoms with Crippen LogP contribution in [-0.2, 0) is 6.54 Å².